The molecule has 0 saturated heterocycles. The van der Waals surface area contributed by atoms with Crippen molar-refractivity contribution < 1.29 is 14.0 Å². The van der Waals surface area contributed by atoms with Gasteiger partial charge in [0.15, 0.2) is 8.32 Å². The molecule has 2 aliphatic carbocycles. The Kier molecular flexibility index (Phi) is 9.98. The van der Waals surface area contributed by atoms with Crippen molar-refractivity contribution in [1.29, 1.82) is 0 Å². The fourth-order valence-corrected chi connectivity index (χ4v) is 13.9. The molecule has 0 radical (unpaired) electrons. The summed E-state index contributed by atoms with van der Waals surface area (Å²) in [6.45, 7) is 31.7. The van der Waals surface area contributed by atoms with E-state index < -0.39 is 16.6 Å². The average molecular weight is 511 g/mol. The van der Waals surface area contributed by atoms with Crippen molar-refractivity contribution in [3.63, 3.8) is 0 Å². The summed E-state index contributed by atoms with van der Waals surface area (Å²) in [6, 6.07) is 0. The summed E-state index contributed by atoms with van der Waals surface area (Å²) in [6.07, 6.45) is 5.18. The molecule has 0 aliphatic heterocycles. The van der Waals surface area contributed by atoms with Gasteiger partial charge in [0.2, 0.25) is 8.32 Å². The third-order valence-corrected chi connectivity index (χ3v) is 20.8. The van der Waals surface area contributed by atoms with Gasteiger partial charge in [0.05, 0.1) is 6.10 Å². The first-order valence-corrected chi connectivity index (χ1v) is 19.2. The molecule has 0 aromatic heterocycles. The first kappa shape index (κ1) is 30.3. The van der Waals surface area contributed by atoms with E-state index in [0.717, 1.165) is 13.0 Å². The smallest absolute Gasteiger partial charge is 0.200 e. The van der Waals surface area contributed by atoms with Crippen molar-refractivity contribution in [2.75, 3.05) is 13.2 Å². The number of aliphatic hydroxyl groups is 1. The molecule has 2 rings (SSSR count). The highest BCUT2D eigenvalue weighted by molar-refractivity contribution is 6.77. The van der Waals surface area contributed by atoms with Gasteiger partial charge in [-0.05, 0) is 72.3 Å². The normalized spacial score (nSPS) is 31.3. The van der Waals surface area contributed by atoms with E-state index in [9.17, 15) is 5.11 Å². The Hall–Kier alpha value is 0.0538. The predicted molar refractivity (Wildman–Crippen MR) is 152 cm³/mol. The summed E-state index contributed by atoms with van der Waals surface area (Å²) in [4.78, 5) is 0. The molecule has 0 bridgehead atoms. The molecule has 34 heavy (non-hydrogen) atoms. The molecular weight excluding hydrogens is 452 g/mol. The van der Waals surface area contributed by atoms with E-state index in [4.69, 9.17) is 8.85 Å². The maximum Gasteiger partial charge on any atom is 0.200 e. The summed E-state index contributed by atoms with van der Waals surface area (Å²) in [7, 11) is -3.82. The van der Waals surface area contributed by atoms with Crippen LogP contribution >= 0.6 is 0 Å². The number of fused-ring (bicyclic) bond motifs is 1. The largest absolute Gasteiger partial charge is 0.417 e. The number of hydrogen-bond acceptors (Lipinski definition) is 3. The average Bonchev–Trinajstić information content (AvgIpc) is 2.69. The van der Waals surface area contributed by atoms with Crippen molar-refractivity contribution >= 4 is 16.6 Å². The van der Waals surface area contributed by atoms with E-state index in [0.29, 0.717) is 46.4 Å². The van der Waals surface area contributed by atoms with Crippen molar-refractivity contribution in [2.24, 2.45) is 29.6 Å². The monoisotopic (exact) mass is 510 g/mol. The van der Waals surface area contributed by atoms with Crippen molar-refractivity contribution in [3.05, 3.63) is 11.6 Å². The molecule has 0 aromatic rings. The zero-order valence-corrected chi connectivity index (χ0v) is 26.9. The van der Waals surface area contributed by atoms with Crippen LogP contribution in [0.15, 0.2) is 11.6 Å². The standard InChI is InChI=1S/C29H58O3Si2/c1-19(2)34(20(3)4,21(5)6)32-27-15-14-22(7)28-24(27)16-23(8)25(17-30)26(28)18-31-33(12,13)29(9,10)11/h16,19-22,24-28,30H,14-15,17-18H2,1-13H3/t22-,24-,25+,26+,27-,28+/m0/s1. The van der Waals surface area contributed by atoms with Crippen LogP contribution in [0.5, 0.6) is 0 Å². The maximum absolute atomic E-state index is 10.5. The van der Waals surface area contributed by atoms with Gasteiger partial charge in [-0.25, -0.2) is 0 Å². The summed E-state index contributed by atoms with van der Waals surface area (Å²) in [5.74, 6) is 2.15. The highest BCUT2D eigenvalue weighted by atomic mass is 28.4. The van der Waals surface area contributed by atoms with E-state index in [1.807, 2.05) is 0 Å². The molecular formula is C29H58O3Si2. The van der Waals surface area contributed by atoms with Crippen molar-refractivity contribution in [1.82, 2.24) is 0 Å². The lowest BCUT2D eigenvalue weighted by molar-refractivity contribution is -0.0316. The molecule has 0 heterocycles. The molecule has 0 unspecified atom stereocenters. The maximum atomic E-state index is 10.5. The molecule has 1 N–H and O–H groups in total. The van der Waals surface area contributed by atoms with E-state index in [-0.39, 0.29) is 17.6 Å². The second-order valence-corrected chi connectivity index (χ2v) is 24.3. The topological polar surface area (TPSA) is 38.7 Å². The van der Waals surface area contributed by atoms with Crippen LogP contribution in [-0.2, 0) is 8.85 Å². The summed E-state index contributed by atoms with van der Waals surface area (Å²) in [5, 5.41) is 10.7. The van der Waals surface area contributed by atoms with Crippen LogP contribution in [0.4, 0.5) is 0 Å². The van der Waals surface area contributed by atoms with Gasteiger partial charge >= 0.3 is 0 Å². The third-order valence-electron chi connectivity index (χ3n) is 10.2. The van der Waals surface area contributed by atoms with Crippen LogP contribution in [-0.4, -0.2) is 41.1 Å². The van der Waals surface area contributed by atoms with Crippen LogP contribution in [0.25, 0.3) is 0 Å². The zero-order chi connectivity index (χ0) is 26.2. The molecule has 2 aliphatic rings. The van der Waals surface area contributed by atoms with Gasteiger partial charge in [-0.3, -0.25) is 0 Å². The van der Waals surface area contributed by atoms with Crippen LogP contribution < -0.4 is 0 Å². The Morgan fingerprint density at radius 3 is 1.97 bits per heavy atom. The molecule has 1 saturated carbocycles. The van der Waals surface area contributed by atoms with Gasteiger partial charge in [0, 0.05) is 25.0 Å². The number of aliphatic hydroxyl groups excluding tert-OH is 1. The van der Waals surface area contributed by atoms with Crippen LogP contribution in [0, 0.1) is 29.6 Å². The SMILES string of the molecule is CC1=C[C@@H]2[C@H]([C@H](CO[Si](C)(C)C(C)(C)C)[C@@H]1CO)[C@@H](C)CC[C@@H]2O[Si](C(C)C)(C(C)C)C(C)C. The van der Waals surface area contributed by atoms with E-state index in [2.05, 4.69) is 95.3 Å². The molecule has 3 nitrogen and oxygen atoms in total. The van der Waals surface area contributed by atoms with E-state index >= 15 is 0 Å². The zero-order valence-electron chi connectivity index (χ0n) is 24.9. The lowest BCUT2D eigenvalue weighted by Crippen LogP contribution is -2.56. The Labute approximate surface area is 214 Å². The fourth-order valence-electron chi connectivity index (χ4n) is 7.23. The predicted octanol–water partition coefficient (Wildman–Crippen LogP) is 8.42. The molecule has 0 amide bonds. The lowest BCUT2D eigenvalue weighted by Gasteiger charge is -2.54. The highest BCUT2D eigenvalue weighted by Gasteiger charge is 2.52. The molecule has 0 spiro atoms. The van der Waals surface area contributed by atoms with Gasteiger partial charge in [-0.15, -0.1) is 0 Å². The minimum Gasteiger partial charge on any atom is -0.417 e. The molecule has 1 fully saturated rings. The van der Waals surface area contributed by atoms with E-state index in [1.165, 1.54) is 12.0 Å². The second-order valence-electron chi connectivity index (χ2n) is 14.1. The molecule has 6 atom stereocenters. The van der Waals surface area contributed by atoms with Gasteiger partial charge in [-0.1, -0.05) is 80.9 Å². The lowest BCUT2D eigenvalue weighted by atomic mass is 9.58. The first-order valence-electron chi connectivity index (χ1n) is 14.1. The van der Waals surface area contributed by atoms with Crippen molar-refractivity contribution in [3.8, 4) is 0 Å². The van der Waals surface area contributed by atoms with Crippen LogP contribution in [0.1, 0.15) is 89.0 Å². The molecule has 0 aromatic carbocycles. The Bertz CT molecular complexity index is 670. The van der Waals surface area contributed by atoms with Gasteiger partial charge in [-0.2, -0.15) is 0 Å². The summed E-state index contributed by atoms with van der Waals surface area (Å²) < 4.78 is 14.3. The van der Waals surface area contributed by atoms with Gasteiger partial charge < -0.3 is 14.0 Å². The molecule has 200 valence electrons. The van der Waals surface area contributed by atoms with Gasteiger partial charge in [0.25, 0.3) is 0 Å². The summed E-state index contributed by atoms with van der Waals surface area (Å²) >= 11 is 0. The summed E-state index contributed by atoms with van der Waals surface area (Å²) in [5.41, 5.74) is 3.15. The Morgan fingerprint density at radius 2 is 1.53 bits per heavy atom. The Morgan fingerprint density at radius 1 is 1.00 bits per heavy atom. The first-order chi connectivity index (χ1) is 15.5. The second kappa shape index (κ2) is 11.2. The van der Waals surface area contributed by atoms with Gasteiger partial charge in [0.1, 0.15) is 0 Å². The molecule has 5 heteroatoms. The highest BCUT2D eigenvalue weighted by Crippen LogP contribution is 2.52. The minimum atomic E-state index is -1.96. The quantitative estimate of drug-likeness (QED) is 0.250. The van der Waals surface area contributed by atoms with Crippen molar-refractivity contribution in [2.45, 2.75) is 130 Å². The van der Waals surface area contributed by atoms with Crippen LogP contribution in [0.3, 0.4) is 0 Å². The minimum absolute atomic E-state index is 0.196. The van der Waals surface area contributed by atoms with E-state index in [1.54, 1.807) is 0 Å². The number of hydrogen-bond donors (Lipinski definition) is 1. The third kappa shape index (κ3) is 5.79. The Balaban J connectivity index is 2.44. The van der Waals surface area contributed by atoms with Crippen LogP contribution in [0.2, 0.25) is 34.8 Å². The fraction of sp³-hybridized carbons (Fsp3) is 0.931. The number of rotatable bonds is 9.